The van der Waals surface area contributed by atoms with Crippen molar-refractivity contribution >= 4 is 0 Å². The second-order valence-electron chi connectivity index (χ2n) is 3.67. The first kappa shape index (κ1) is 12.3. The van der Waals surface area contributed by atoms with Crippen molar-refractivity contribution in [2.24, 2.45) is 0 Å². The van der Waals surface area contributed by atoms with Gasteiger partial charge in [-0.2, -0.15) is 13.2 Å². The van der Waals surface area contributed by atoms with Crippen LogP contribution in [0.25, 0.3) is 0 Å². The fraction of sp³-hybridized carbons (Fsp3) is 0.167. The van der Waals surface area contributed by atoms with Gasteiger partial charge < -0.3 is 4.74 Å². The molecule has 0 radical (unpaired) electrons. The van der Waals surface area contributed by atoms with Crippen molar-refractivity contribution in [3.8, 4) is 11.8 Å². The quantitative estimate of drug-likeness (QED) is 0.821. The molecule has 1 heterocycles. The molecule has 0 bridgehead atoms. The fourth-order valence-corrected chi connectivity index (χ4v) is 1.30. The zero-order chi connectivity index (χ0) is 13.2. The Balaban J connectivity index is 2.16. The molecule has 0 spiro atoms. The van der Waals surface area contributed by atoms with Crippen LogP contribution in [0.2, 0.25) is 0 Å². The Labute approximate surface area is 101 Å². The summed E-state index contributed by atoms with van der Waals surface area (Å²) in [7, 11) is 0. The molecule has 0 aliphatic carbocycles. The van der Waals surface area contributed by atoms with E-state index in [0.29, 0.717) is 18.1 Å². The molecule has 0 saturated carbocycles. The van der Waals surface area contributed by atoms with Crippen LogP contribution in [0, 0.1) is 6.92 Å². The summed E-state index contributed by atoms with van der Waals surface area (Å²) in [6.07, 6.45) is -3.06. The van der Waals surface area contributed by atoms with Crippen LogP contribution in [0.4, 0.5) is 13.2 Å². The molecule has 1 aromatic heterocycles. The lowest BCUT2D eigenvalue weighted by molar-refractivity contribution is -0.138. The van der Waals surface area contributed by atoms with Gasteiger partial charge in [-0.25, -0.2) is 9.97 Å². The molecule has 6 heteroatoms. The van der Waals surface area contributed by atoms with Crippen LogP contribution in [0.15, 0.2) is 36.7 Å². The van der Waals surface area contributed by atoms with Gasteiger partial charge in [-0.05, 0) is 24.6 Å². The number of ether oxygens (including phenoxy) is 1. The highest BCUT2D eigenvalue weighted by Crippen LogP contribution is 2.28. The number of nitrogens with zero attached hydrogens (tertiary/aromatic N) is 2. The highest BCUT2D eigenvalue weighted by molar-refractivity contribution is 5.29. The monoisotopic (exact) mass is 254 g/mol. The molecule has 94 valence electrons. The highest BCUT2D eigenvalue weighted by atomic mass is 19.4. The van der Waals surface area contributed by atoms with Crippen LogP contribution in [0.1, 0.15) is 11.1 Å². The molecule has 0 fully saturated rings. The van der Waals surface area contributed by atoms with Crippen LogP contribution in [-0.2, 0) is 6.18 Å². The molecule has 3 nitrogen and oxygen atoms in total. The van der Waals surface area contributed by atoms with Crippen molar-refractivity contribution in [2.75, 3.05) is 0 Å². The molecule has 0 aliphatic heterocycles. The van der Waals surface area contributed by atoms with Gasteiger partial charge in [-0.15, -0.1) is 0 Å². The second kappa shape index (κ2) is 4.64. The van der Waals surface area contributed by atoms with E-state index in [1.165, 1.54) is 0 Å². The molecule has 0 amide bonds. The van der Waals surface area contributed by atoms with Crippen molar-refractivity contribution in [3.63, 3.8) is 0 Å². The SMILES string of the molecule is Cc1cccc(Oc2ncc(C(F)(F)F)cn2)c1. The van der Waals surface area contributed by atoms with Crippen LogP contribution >= 0.6 is 0 Å². The first-order valence-electron chi connectivity index (χ1n) is 5.09. The van der Waals surface area contributed by atoms with E-state index in [-0.39, 0.29) is 6.01 Å². The van der Waals surface area contributed by atoms with Crippen LogP contribution in [0.3, 0.4) is 0 Å². The maximum absolute atomic E-state index is 12.3. The fourth-order valence-electron chi connectivity index (χ4n) is 1.30. The molecule has 0 N–H and O–H groups in total. The Kier molecular flexibility index (Phi) is 3.18. The van der Waals surface area contributed by atoms with E-state index in [1.54, 1.807) is 18.2 Å². The smallest absolute Gasteiger partial charge is 0.419 e. The largest absolute Gasteiger partial charge is 0.424 e. The van der Waals surface area contributed by atoms with E-state index >= 15 is 0 Å². The standard InChI is InChI=1S/C12H9F3N2O/c1-8-3-2-4-10(5-8)18-11-16-6-9(7-17-11)12(13,14)15/h2-7H,1H3. The Morgan fingerprint density at radius 2 is 1.78 bits per heavy atom. The molecule has 1 aromatic carbocycles. The third kappa shape index (κ3) is 2.97. The lowest BCUT2D eigenvalue weighted by Crippen LogP contribution is -2.06. The maximum Gasteiger partial charge on any atom is 0.419 e. The Bertz CT molecular complexity index is 538. The minimum Gasteiger partial charge on any atom is -0.424 e. The van der Waals surface area contributed by atoms with E-state index in [1.807, 2.05) is 13.0 Å². The lowest BCUT2D eigenvalue weighted by Gasteiger charge is -2.07. The average molecular weight is 254 g/mol. The van der Waals surface area contributed by atoms with Gasteiger partial charge in [0.2, 0.25) is 0 Å². The first-order chi connectivity index (χ1) is 8.45. The minimum atomic E-state index is -4.44. The summed E-state index contributed by atoms with van der Waals surface area (Å²) < 4.78 is 42.1. The molecule has 2 aromatic rings. The van der Waals surface area contributed by atoms with Gasteiger partial charge in [0.1, 0.15) is 5.75 Å². The maximum atomic E-state index is 12.3. The summed E-state index contributed by atoms with van der Waals surface area (Å²) in [4.78, 5) is 7.03. The van der Waals surface area contributed by atoms with Gasteiger partial charge in [-0.3, -0.25) is 0 Å². The number of aryl methyl sites for hydroxylation is 1. The molecular weight excluding hydrogens is 245 g/mol. The predicted molar refractivity (Wildman–Crippen MR) is 58.3 cm³/mol. The predicted octanol–water partition coefficient (Wildman–Crippen LogP) is 3.60. The molecular formula is C12H9F3N2O. The number of halogens is 3. The molecule has 0 aliphatic rings. The van der Waals surface area contributed by atoms with Crippen LogP contribution in [-0.4, -0.2) is 9.97 Å². The number of hydrogen-bond acceptors (Lipinski definition) is 3. The summed E-state index contributed by atoms with van der Waals surface area (Å²) in [6.45, 7) is 1.88. The van der Waals surface area contributed by atoms with Crippen molar-refractivity contribution in [2.45, 2.75) is 13.1 Å². The zero-order valence-electron chi connectivity index (χ0n) is 9.40. The molecule has 0 unspecified atom stereocenters. The van der Waals surface area contributed by atoms with Crippen LogP contribution in [0.5, 0.6) is 11.8 Å². The highest BCUT2D eigenvalue weighted by Gasteiger charge is 2.31. The van der Waals surface area contributed by atoms with Gasteiger partial charge in [0.05, 0.1) is 5.56 Å². The van der Waals surface area contributed by atoms with E-state index in [9.17, 15) is 13.2 Å². The van der Waals surface area contributed by atoms with Gasteiger partial charge in [0, 0.05) is 12.4 Å². The van der Waals surface area contributed by atoms with Gasteiger partial charge in [0.15, 0.2) is 0 Å². The summed E-state index contributed by atoms with van der Waals surface area (Å²) in [6, 6.07) is 6.94. The van der Waals surface area contributed by atoms with E-state index in [4.69, 9.17) is 4.74 Å². The average Bonchev–Trinajstić information content (AvgIpc) is 2.28. The Morgan fingerprint density at radius 1 is 1.11 bits per heavy atom. The molecule has 2 rings (SSSR count). The van der Waals surface area contributed by atoms with Crippen molar-refractivity contribution in [1.82, 2.24) is 9.97 Å². The summed E-state index contributed by atoms with van der Waals surface area (Å²) in [5.41, 5.74) is 0.0681. The Morgan fingerprint density at radius 3 is 2.33 bits per heavy atom. The van der Waals surface area contributed by atoms with Crippen LogP contribution < -0.4 is 4.74 Å². The number of hydrogen-bond donors (Lipinski definition) is 0. The summed E-state index contributed by atoms with van der Waals surface area (Å²) in [5.74, 6) is 0.481. The van der Waals surface area contributed by atoms with E-state index in [0.717, 1.165) is 5.56 Å². The summed E-state index contributed by atoms with van der Waals surface area (Å²) in [5, 5.41) is 0. The zero-order valence-corrected chi connectivity index (χ0v) is 9.40. The number of rotatable bonds is 2. The normalized spacial score (nSPS) is 11.3. The van der Waals surface area contributed by atoms with Crippen molar-refractivity contribution < 1.29 is 17.9 Å². The molecule has 0 atom stereocenters. The van der Waals surface area contributed by atoms with Crippen molar-refractivity contribution in [1.29, 1.82) is 0 Å². The van der Waals surface area contributed by atoms with Crippen molar-refractivity contribution in [3.05, 3.63) is 47.8 Å². The van der Waals surface area contributed by atoms with Gasteiger partial charge in [-0.1, -0.05) is 12.1 Å². The third-order valence-electron chi connectivity index (χ3n) is 2.15. The number of benzene rings is 1. The third-order valence-corrected chi connectivity index (χ3v) is 2.15. The Hall–Kier alpha value is -2.11. The first-order valence-corrected chi connectivity index (χ1v) is 5.09. The van der Waals surface area contributed by atoms with E-state index < -0.39 is 11.7 Å². The number of alkyl halides is 3. The molecule has 0 saturated heterocycles. The molecule has 18 heavy (non-hydrogen) atoms. The summed E-state index contributed by atoms with van der Waals surface area (Å²) >= 11 is 0. The van der Waals surface area contributed by atoms with Gasteiger partial charge >= 0.3 is 12.2 Å². The second-order valence-corrected chi connectivity index (χ2v) is 3.67. The van der Waals surface area contributed by atoms with Gasteiger partial charge in [0.25, 0.3) is 0 Å². The minimum absolute atomic E-state index is 0.117. The van der Waals surface area contributed by atoms with E-state index in [2.05, 4.69) is 9.97 Å². The topological polar surface area (TPSA) is 35.0 Å². The lowest BCUT2D eigenvalue weighted by atomic mass is 10.2. The number of aromatic nitrogens is 2.